The van der Waals surface area contributed by atoms with Crippen molar-refractivity contribution in [2.75, 3.05) is 40.1 Å². The molecule has 0 bridgehead atoms. The summed E-state index contributed by atoms with van der Waals surface area (Å²) in [5, 5.41) is 0. The van der Waals surface area contributed by atoms with E-state index in [9.17, 15) is 0 Å². The molecule has 0 spiro atoms. The first-order valence-corrected chi connectivity index (χ1v) is 4.06. The lowest BCUT2D eigenvalue weighted by Crippen LogP contribution is -2.06. The van der Waals surface area contributed by atoms with E-state index in [-0.39, 0.29) is 44.6 Å². The number of ether oxygens (including phenoxy) is 3. The summed E-state index contributed by atoms with van der Waals surface area (Å²) in [6.07, 6.45) is 0.961. The van der Waals surface area contributed by atoms with E-state index in [1.807, 2.05) is 6.92 Å². The minimum atomic E-state index is 0. The Bertz CT molecular complexity index is 60.5. The molecular weight excluding hydrogens is 216 g/mol. The Morgan fingerprint density at radius 2 is 1.12 bits per heavy atom. The highest BCUT2D eigenvalue weighted by Gasteiger charge is 1.87. The summed E-state index contributed by atoms with van der Waals surface area (Å²) in [5.41, 5.74) is 0. The lowest BCUT2D eigenvalue weighted by Gasteiger charge is -2.03. The molecule has 0 aromatic heterocycles. The third-order valence-electron chi connectivity index (χ3n) is 1.21. The van der Waals surface area contributed by atoms with E-state index in [4.69, 9.17) is 14.2 Å². The summed E-state index contributed by atoms with van der Waals surface area (Å²) in [5.74, 6) is 0. The Morgan fingerprint density at radius 3 is 1.53 bits per heavy atom. The largest absolute Gasteiger partial charge is 0.385 e. The van der Waals surface area contributed by atoms with Crippen LogP contribution in [0.4, 0.5) is 0 Å². The maximum absolute atomic E-state index is 5.23. The molecule has 0 heterocycles. The first kappa shape index (κ1) is 43.6. The van der Waals surface area contributed by atoms with Crippen LogP contribution in [0.15, 0.2) is 0 Å². The van der Waals surface area contributed by atoms with Crippen molar-refractivity contribution in [1.29, 1.82) is 0 Å². The minimum Gasteiger partial charge on any atom is -0.385 e. The summed E-state index contributed by atoms with van der Waals surface area (Å²) in [6, 6.07) is 0. The second-order valence-electron chi connectivity index (χ2n) is 2.16. The lowest BCUT2D eigenvalue weighted by molar-refractivity contribution is 0.0441. The molecular formula is C14H42O3. The smallest absolute Gasteiger partial charge is 0.0700 e. The molecule has 0 saturated heterocycles. The van der Waals surface area contributed by atoms with Gasteiger partial charge in [0, 0.05) is 26.9 Å². The predicted octanol–water partition coefficient (Wildman–Crippen LogP) is 4.89. The standard InChI is InChI=1S/C8H18O3.6CH4/c1-3-10-7-8-11-6-4-5-9-2;;;;;;/h3-8H2,1-2H3;6*1H4. The molecule has 0 fully saturated rings. The van der Waals surface area contributed by atoms with Crippen LogP contribution >= 0.6 is 0 Å². The van der Waals surface area contributed by atoms with Crippen molar-refractivity contribution in [1.82, 2.24) is 0 Å². The Balaban J connectivity index is -0.0000000333. The fourth-order valence-electron chi connectivity index (χ4n) is 0.670. The van der Waals surface area contributed by atoms with Gasteiger partial charge in [0.1, 0.15) is 0 Å². The molecule has 0 rings (SSSR count). The normalized spacial score (nSPS) is 6.71. The molecule has 17 heavy (non-hydrogen) atoms. The fraction of sp³-hybridized carbons (Fsp3) is 1.00. The van der Waals surface area contributed by atoms with Gasteiger partial charge in [-0.25, -0.2) is 0 Å². The minimum absolute atomic E-state index is 0. The van der Waals surface area contributed by atoms with Gasteiger partial charge in [-0.2, -0.15) is 0 Å². The van der Waals surface area contributed by atoms with Crippen LogP contribution in [-0.2, 0) is 14.2 Å². The third kappa shape index (κ3) is 49.3. The van der Waals surface area contributed by atoms with Gasteiger partial charge in [0.2, 0.25) is 0 Å². The van der Waals surface area contributed by atoms with E-state index >= 15 is 0 Å². The zero-order valence-electron chi connectivity index (χ0n) is 7.47. The second kappa shape index (κ2) is 44.6. The van der Waals surface area contributed by atoms with Crippen LogP contribution in [0.2, 0.25) is 0 Å². The first-order chi connectivity index (χ1) is 5.41. The van der Waals surface area contributed by atoms with Gasteiger partial charge in [0.15, 0.2) is 0 Å². The summed E-state index contributed by atoms with van der Waals surface area (Å²) in [7, 11) is 1.69. The summed E-state index contributed by atoms with van der Waals surface area (Å²) in [4.78, 5) is 0. The molecule has 3 nitrogen and oxygen atoms in total. The average molecular weight is 258 g/mol. The molecule has 3 heteroatoms. The Kier molecular flexibility index (Phi) is 114. The van der Waals surface area contributed by atoms with Gasteiger partial charge >= 0.3 is 0 Å². The number of hydrogen-bond acceptors (Lipinski definition) is 3. The molecule has 0 atom stereocenters. The number of hydrogen-bond donors (Lipinski definition) is 0. The molecule has 0 unspecified atom stereocenters. The predicted molar refractivity (Wildman–Crippen MR) is 84.2 cm³/mol. The van der Waals surface area contributed by atoms with Gasteiger partial charge in [-0.15, -0.1) is 0 Å². The molecule has 0 aliphatic carbocycles. The van der Waals surface area contributed by atoms with Crippen LogP contribution < -0.4 is 0 Å². The Morgan fingerprint density at radius 1 is 0.647 bits per heavy atom. The molecule has 116 valence electrons. The van der Waals surface area contributed by atoms with Crippen molar-refractivity contribution in [3.63, 3.8) is 0 Å². The van der Waals surface area contributed by atoms with Crippen molar-refractivity contribution >= 4 is 0 Å². The summed E-state index contributed by atoms with van der Waals surface area (Å²) in [6.45, 7) is 5.67. The highest BCUT2D eigenvalue weighted by molar-refractivity contribution is 4.33. The van der Waals surface area contributed by atoms with Gasteiger partial charge in [-0.1, -0.05) is 44.6 Å². The quantitative estimate of drug-likeness (QED) is 0.580. The molecule has 0 aliphatic heterocycles. The number of methoxy groups -OCH3 is 1. The van der Waals surface area contributed by atoms with E-state index in [1.165, 1.54) is 0 Å². The van der Waals surface area contributed by atoms with Crippen LogP contribution in [0.3, 0.4) is 0 Å². The summed E-state index contributed by atoms with van der Waals surface area (Å²) >= 11 is 0. The number of rotatable bonds is 8. The fourth-order valence-corrected chi connectivity index (χ4v) is 0.670. The average Bonchev–Trinajstić information content (AvgIpc) is 2.03. The van der Waals surface area contributed by atoms with Crippen LogP contribution in [0, 0.1) is 0 Å². The van der Waals surface area contributed by atoms with Gasteiger partial charge in [-0.05, 0) is 13.3 Å². The van der Waals surface area contributed by atoms with Crippen molar-refractivity contribution in [2.45, 2.75) is 57.9 Å². The molecule has 0 aromatic rings. The van der Waals surface area contributed by atoms with Gasteiger partial charge in [0.05, 0.1) is 13.2 Å². The van der Waals surface area contributed by atoms with E-state index in [1.54, 1.807) is 7.11 Å². The van der Waals surface area contributed by atoms with Crippen molar-refractivity contribution in [2.24, 2.45) is 0 Å². The van der Waals surface area contributed by atoms with Crippen molar-refractivity contribution in [3.05, 3.63) is 0 Å². The second-order valence-corrected chi connectivity index (χ2v) is 2.16. The zero-order chi connectivity index (χ0) is 8.36. The van der Waals surface area contributed by atoms with Gasteiger partial charge in [0.25, 0.3) is 0 Å². The van der Waals surface area contributed by atoms with Crippen molar-refractivity contribution < 1.29 is 14.2 Å². The SMILES string of the molecule is C.C.C.C.C.C.CCOCCOCCCOC. The van der Waals surface area contributed by atoms with E-state index in [0.717, 1.165) is 26.2 Å². The highest BCUT2D eigenvalue weighted by Crippen LogP contribution is 1.83. The van der Waals surface area contributed by atoms with Crippen LogP contribution in [0.25, 0.3) is 0 Å². The zero-order valence-corrected chi connectivity index (χ0v) is 7.47. The lowest BCUT2D eigenvalue weighted by atomic mass is 10.5. The van der Waals surface area contributed by atoms with Gasteiger partial charge in [-0.3, -0.25) is 0 Å². The Labute approximate surface area is 113 Å². The van der Waals surface area contributed by atoms with Crippen molar-refractivity contribution in [3.8, 4) is 0 Å². The van der Waals surface area contributed by atoms with Gasteiger partial charge < -0.3 is 14.2 Å². The Hall–Kier alpha value is -0.120. The highest BCUT2D eigenvalue weighted by atomic mass is 16.5. The third-order valence-corrected chi connectivity index (χ3v) is 1.21. The molecule has 0 N–H and O–H groups in total. The first-order valence-electron chi connectivity index (χ1n) is 4.06. The van der Waals surface area contributed by atoms with E-state index < -0.39 is 0 Å². The van der Waals surface area contributed by atoms with Crippen LogP contribution in [0.1, 0.15) is 57.9 Å². The van der Waals surface area contributed by atoms with Crippen LogP contribution in [-0.4, -0.2) is 40.1 Å². The molecule has 0 saturated carbocycles. The maximum Gasteiger partial charge on any atom is 0.0700 e. The maximum atomic E-state index is 5.23. The molecule has 0 aromatic carbocycles. The topological polar surface area (TPSA) is 27.7 Å². The molecule has 0 aliphatic rings. The van der Waals surface area contributed by atoms with E-state index in [2.05, 4.69) is 0 Å². The monoisotopic (exact) mass is 258 g/mol. The van der Waals surface area contributed by atoms with E-state index in [0.29, 0.717) is 13.2 Å². The van der Waals surface area contributed by atoms with Crippen LogP contribution in [0.5, 0.6) is 0 Å². The molecule has 0 radical (unpaired) electrons. The molecule has 0 amide bonds. The summed E-state index contributed by atoms with van der Waals surface area (Å²) < 4.78 is 15.2.